The van der Waals surface area contributed by atoms with E-state index in [0.29, 0.717) is 36.3 Å². The van der Waals surface area contributed by atoms with Gasteiger partial charge in [-0.15, -0.1) is 0 Å². The van der Waals surface area contributed by atoms with Crippen LogP contribution in [0.15, 0.2) is 54.6 Å². The minimum absolute atomic E-state index is 0.277. The van der Waals surface area contributed by atoms with Gasteiger partial charge in [0.15, 0.2) is 6.29 Å². The average Bonchev–Trinajstić information content (AvgIpc) is 2.70. The van der Waals surface area contributed by atoms with Gasteiger partial charge in [-0.05, 0) is 48.4 Å². The highest BCUT2D eigenvalue weighted by Gasteiger charge is 2.31. The zero-order chi connectivity index (χ0) is 20.6. The Kier molecular flexibility index (Phi) is 4.74. The van der Waals surface area contributed by atoms with Crippen LogP contribution in [0.2, 0.25) is 0 Å². The molecule has 1 aliphatic heterocycles. The number of fused-ring (bicyclic) bond motifs is 2. The molecule has 0 spiro atoms. The van der Waals surface area contributed by atoms with Crippen LogP contribution in [0.5, 0.6) is 5.75 Å². The number of amides is 1. The molecule has 1 heterocycles. The van der Waals surface area contributed by atoms with Gasteiger partial charge in [-0.25, -0.2) is 0 Å². The van der Waals surface area contributed by atoms with Crippen LogP contribution >= 0.6 is 0 Å². The summed E-state index contributed by atoms with van der Waals surface area (Å²) in [5.74, 6) is 0.346. The van der Waals surface area contributed by atoms with Gasteiger partial charge in [0, 0.05) is 19.2 Å². The number of nitrogens with zero attached hydrogens (tertiary/aromatic N) is 1. The van der Waals surface area contributed by atoms with Crippen LogP contribution in [0.4, 0.5) is 5.69 Å². The minimum atomic E-state index is -0.359. The monoisotopic (exact) mass is 388 g/mol. The van der Waals surface area contributed by atoms with Crippen molar-refractivity contribution < 1.29 is 14.3 Å². The lowest BCUT2D eigenvalue weighted by Gasteiger charge is -2.39. The van der Waals surface area contributed by atoms with E-state index in [1.165, 1.54) is 0 Å². The molecular weight excluding hydrogens is 364 g/mol. The largest absolute Gasteiger partial charge is 0.484 e. The zero-order valence-electron chi connectivity index (χ0n) is 16.9. The molecule has 3 aromatic carbocycles. The molecule has 0 saturated heterocycles. The van der Waals surface area contributed by atoms with E-state index in [1.807, 2.05) is 56.1 Å². The average molecular weight is 388 g/mol. The zero-order valence-corrected chi connectivity index (χ0v) is 16.9. The van der Waals surface area contributed by atoms with Crippen molar-refractivity contribution in [3.63, 3.8) is 0 Å². The molecule has 0 atom stereocenters. The van der Waals surface area contributed by atoms with Crippen LogP contribution in [-0.2, 0) is 6.54 Å². The Morgan fingerprint density at radius 3 is 2.66 bits per heavy atom. The highest BCUT2D eigenvalue weighted by Crippen LogP contribution is 2.38. The molecule has 5 nitrogen and oxygen atoms in total. The highest BCUT2D eigenvalue weighted by molar-refractivity contribution is 6.03. The third kappa shape index (κ3) is 3.81. The first-order valence-corrected chi connectivity index (χ1v) is 9.65. The first kappa shape index (κ1) is 19.0. The minimum Gasteiger partial charge on any atom is -0.484 e. The van der Waals surface area contributed by atoms with Crippen molar-refractivity contribution in [2.75, 3.05) is 18.5 Å². The number of carbonyl (C=O) groups is 2. The Balaban J connectivity index is 1.58. The number of anilines is 1. The number of hydrogen-bond donors (Lipinski definition) is 1. The Bertz CT molecular complexity index is 1100. The SMILES string of the molecule is CN1CC(C)(C)Oc2cc(C=O)c(C(=O)NCc3ccc4ccccc4c3)cc21. The van der Waals surface area contributed by atoms with Gasteiger partial charge in [0.05, 0.1) is 17.8 Å². The number of likely N-dealkylation sites (N-methyl/N-ethyl adjacent to an activating group) is 1. The highest BCUT2D eigenvalue weighted by atomic mass is 16.5. The Labute approximate surface area is 170 Å². The summed E-state index contributed by atoms with van der Waals surface area (Å²) in [6.45, 7) is 5.07. The third-order valence-electron chi connectivity index (χ3n) is 5.19. The fourth-order valence-corrected chi connectivity index (χ4v) is 3.87. The van der Waals surface area contributed by atoms with Gasteiger partial charge in [0.2, 0.25) is 0 Å². The van der Waals surface area contributed by atoms with Crippen molar-refractivity contribution in [1.82, 2.24) is 5.32 Å². The fraction of sp³-hybridized carbons (Fsp3) is 0.250. The summed E-state index contributed by atoms with van der Waals surface area (Å²) in [4.78, 5) is 26.5. The molecule has 1 N–H and O–H groups in total. The topological polar surface area (TPSA) is 58.6 Å². The second-order valence-corrected chi connectivity index (χ2v) is 8.11. The van der Waals surface area contributed by atoms with Crippen LogP contribution in [0, 0.1) is 0 Å². The molecular formula is C24H24N2O3. The number of ether oxygens (including phenoxy) is 1. The summed E-state index contributed by atoms with van der Waals surface area (Å²) in [7, 11) is 1.96. The third-order valence-corrected chi connectivity index (χ3v) is 5.19. The molecule has 3 aromatic rings. The van der Waals surface area contributed by atoms with Gasteiger partial charge in [0.25, 0.3) is 5.91 Å². The molecule has 0 aliphatic carbocycles. The molecule has 0 saturated carbocycles. The molecule has 1 amide bonds. The number of rotatable bonds is 4. The van der Waals surface area contributed by atoms with Crippen LogP contribution < -0.4 is 15.0 Å². The molecule has 0 bridgehead atoms. The summed E-state index contributed by atoms with van der Waals surface area (Å²) in [5, 5.41) is 5.22. The second kappa shape index (κ2) is 7.24. The van der Waals surface area contributed by atoms with Gasteiger partial charge < -0.3 is 15.0 Å². The van der Waals surface area contributed by atoms with E-state index in [0.717, 1.165) is 22.0 Å². The maximum atomic E-state index is 12.9. The van der Waals surface area contributed by atoms with Gasteiger partial charge in [0.1, 0.15) is 11.4 Å². The first-order valence-electron chi connectivity index (χ1n) is 9.65. The number of hydrogen-bond acceptors (Lipinski definition) is 4. The van der Waals surface area contributed by atoms with Crippen molar-refractivity contribution in [2.24, 2.45) is 0 Å². The van der Waals surface area contributed by atoms with Crippen LogP contribution in [0.1, 0.15) is 40.1 Å². The fourth-order valence-electron chi connectivity index (χ4n) is 3.87. The van der Waals surface area contributed by atoms with Crippen LogP contribution in [0.25, 0.3) is 10.8 Å². The smallest absolute Gasteiger partial charge is 0.252 e. The maximum absolute atomic E-state index is 12.9. The molecule has 1 aliphatic rings. The van der Waals surface area contributed by atoms with E-state index >= 15 is 0 Å². The molecule has 29 heavy (non-hydrogen) atoms. The Morgan fingerprint density at radius 2 is 1.90 bits per heavy atom. The number of aldehydes is 1. The molecule has 0 unspecified atom stereocenters. The summed E-state index contributed by atoms with van der Waals surface area (Å²) in [5.41, 5.74) is 2.14. The molecule has 0 radical (unpaired) electrons. The van der Waals surface area contributed by atoms with Crippen molar-refractivity contribution in [3.05, 3.63) is 71.3 Å². The van der Waals surface area contributed by atoms with Crippen molar-refractivity contribution in [2.45, 2.75) is 26.0 Å². The van der Waals surface area contributed by atoms with Crippen LogP contribution in [0.3, 0.4) is 0 Å². The van der Waals surface area contributed by atoms with Crippen molar-refractivity contribution in [1.29, 1.82) is 0 Å². The summed E-state index contributed by atoms with van der Waals surface area (Å²) in [6, 6.07) is 17.6. The Hall–Kier alpha value is -3.34. The van der Waals surface area contributed by atoms with E-state index in [1.54, 1.807) is 12.1 Å². The lowest BCUT2D eigenvalue weighted by molar-refractivity contribution is 0.0943. The number of carbonyl (C=O) groups excluding carboxylic acids is 2. The second-order valence-electron chi connectivity index (χ2n) is 8.11. The van der Waals surface area contributed by atoms with E-state index in [2.05, 4.69) is 17.4 Å². The van der Waals surface area contributed by atoms with Gasteiger partial charge in [-0.1, -0.05) is 36.4 Å². The molecule has 4 rings (SSSR count). The summed E-state index contributed by atoms with van der Waals surface area (Å²) < 4.78 is 6.00. The quantitative estimate of drug-likeness (QED) is 0.681. The normalized spacial score (nSPS) is 14.8. The lowest BCUT2D eigenvalue weighted by Crippen LogP contribution is -2.45. The molecule has 0 fully saturated rings. The van der Waals surface area contributed by atoms with Crippen molar-refractivity contribution >= 4 is 28.7 Å². The van der Waals surface area contributed by atoms with Gasteiger partial charge in [-0.2, -0.15) is 0 Å². The van der Waals surface area contributed by atoms with Crippen LogP contribution in [-0.4, -0.2) is 31.4 Å². The standard InChI is InChI=1S/C24H24N2O3/c1-24(2)15-26(3)21-12-20(19(14-27)11-22(21)29-24)23(28)25-13-16-8-9-17-6-4-5-7-18(17)10-16/h4-12,14H,13,15H2,1-3H3,(H,25,28). The van der Waals surface area contributed by atoms with Gasteiger partial charge >= 0.3 is 0 Å². The molecule has 0 aromatic heterocycles. The van der Waals surface area contributed by atoms with E-state index in [4.69, 9.17) is 4.74 Å². The van der Waals surface area contributed by atoms with Crippen molar-refractivity contribution in [3.8, 4) is 5.75 Å². The molecule has 148 valence electrons. The first-order chi connectivity index (χ1) is 13.9. The maximum Gasteiger partial charge on any atom is 0.252 e. The van der Waals surface area contributed by atoms with E-state index in [-0.39, 0.29) is 11.5 Å². The predicted molar refractivity (Wildman–Crippen MR) is 115 cm³/mol. The number of nitrogens with one attached hydrogen (secondary N) is 1. The van der Waals surface area contributed by atoms with E-state index < -0.39 is 0 Å². The molecule has 5 heteroatoms. The lowest BCUT2D eigenvalue weighted by atomic mass is 10.0. The van der Waals surface area contributed by atoms with E-state index in [9.17, 15) is 9.59 Å². The predicted octanol–water partition coefficient (Wildman–Crippen LogP) is 4.19. The Morgan fingerprint density at radius 1 is 1.14 bits per heavy atom. The van der Waals surface area contributed by atoms with Gasteiger partial charge in [-0.3, -0.25) is 9.59 Å². The number of benzene rings is 3. The summed E-state index contributed by atoms with van der Waals surface area (Å²) >= 11 is 0. The summed E-state index contributed by atoms with van der Waals surface area (Å²) in [6.07, 6.45) is 0.705.